The fraction of sp³-hybridized carbons (Fsp3) is 0.208. The van der Waals surface area contributed by atoms with Crippen LogP contribution in [0.15, 0.2) is 78.0 Å². The van der Waals surface area contributed by atoms with Crippen LogP contribution in [0.25, 0.3) is 0 Å². The van der Waals surface area contributed by atoms with Crippen molar-refractivity contribution in [1.29, 1.82) is 0 Å². The van der Waals surface area contributed by atoms with Crippen LogP contribution in [-0.4, -0.2) is 29.1 Å². The van der Waals surface area contributed by atoms with Crippen molar-refractivity contribution in [3.8, 4) is 0 Å². The van der Waals surface area contributed by atoms with Gasteiger partial charge < -0.3 is 10.6 Å². The minimum absolute atomic E-state index is 0.0763. The van der Waals surface area contributed by atoms with Crippen molar-refractivity contribution < 1.29 is 9.59 Å². The first-order chi connectivity index (χ1) is 14.6. The number of aryl methyl sites for hydroxylation is 1. The summed E-state index contributed by atoms with van der Waals surface area (Å²) in [4.78, 5) is 29.1. The van der Waals surface area contributed by atoms with E-state index in [2.05, 4.69) is 15.6 Å². The molecule has 0 aliphatic heterocycles. The standard InChI is InChI=1S/C24H25N3O2S/c1-18-9-11-20(12-10-18)16-27-23(29)21-8-5-14-26-24(21)30-17-22(28)25-15-13-19-6-3-2-4-7-19/h2-12,14H,13,15-17H2,1H3,(H,25,28)(H,27,29). The molecular formula is C24H25N3O2S. The molecule has 2 N–H and O–H groups in total. The lowest BCUT2D eigenvalue weighted by Gasteiger charge is -2.10. The van der Waals surface area contributed by atoms with Gasteiger partial charge in [-0.15, -0.1) is 0 Å². The summed E-state index contributed by atoms with van der Waals surface area (Å²) in [6, 6.07) is 21.5. The van der Waals surface area contributed by atoms with Gasteiger partial charge >= 0.3 is 0 Å². The van der Waals surface area contributed by atoms with E-state index >= 15 is 0 Å². The van der Waals surface area contributed by atoms with E-state index in [9.17, 15) is 9.59 Å². The second kappa shape index (κ2) is 11.2. The number of aromatic nitrogens is 1. The summed E-state index contributed by atoms with van der Waals surface area (Å²) in [6.45, 7) is 3.05. The van der Waals surface area contributed by atoms with E-state index in [4.69, 9.17) is 0 Å². The zero-order valence-corrected chi connectivity index (χ0v) is 17.7. The number of rotatable bonds is 9. The number of pyridine rings is 1. The molecule has 30 heavy (non-hydrogen) atoms. The molecule has 0 atom stereocenters. The van der Waals surface area contributed by atoms with Gasteiger partial charge in [-0.2, -0.15) is 0 Å². The Morgan fingerprint density at radius 1 is 0.900 bits per heavy atom. The number of benzene rings is 2. The fourth-order valence-electron chi connectivity index (χ4n) is 2.84. The van der Waals surface area contributed by atoms with E-state index in [0.29, 0.717) is 23.7 Å². The molecule has 2 amide bonds. The van der Waals surface area contributed by atoms with Crippen LogP contribution in [-0.2, 0) is 17.8 Å². The van der Waals surface area contributed by atoms with Crippen molar-refractivity contribution in [3.63, 3.8) is 0 Å². The normalized spacial score (nSPS) is 10.4. The quantitative estimate of drug-likeness (QED) is 0.518. The number of carbonyl (C=O) groups excluding carboxylic acids is 2. The maximum absolute atomic E-state index is 12.6. The minimum atomic E-state index is -0.198. The van der Waals surface area contributed by atoms with Crippen molar-refractivity contribution in [3.05, 3.63) is 95.2 Å². The topological polar surface area (TPSA) is 71.1 Å². The van der Waals surface area contributed by atoms with Crippen molar-refractivity contribution in [2.24, 2.45) is 0 Å². The van der Waals surface area contributed by atoms with Crippen molar-refractivity contribution in [1.82, 2.24) is 15.6 Å². The average Bonchev–Trinajstić information content (AvgIpc) is 2.78. The Bertz CT molecular complexity index is 975. The van der Waals surface area contributed by atoms with Crippen LogP contribution in [0.3, 0.4) is 0 Å². The SMILES string of the molecule is Cc1ccc(CNC(=O)c2cccnc2SCC(=O)NCCc2ccccc2)cc1. The summed E-state index contributed by atoms with van der Waals surface area (Å²) in [7, 11) is 0. The molecule has 3 rings (SSSR count). The van der Waals surface area contributed by atoms with Crippen molar-refractivity contribution in [2.75, 3.05) is 12.3 Å². The van der Waals surface area contributed by atoms with Gasteiger partial charge in [0.05, 0.1) is 11.3 Å². The Morgan fingerprint density at radius 2 is 1.67 bits per heavy atom. The molecule has 3 aromatic rings. The van der Waals surface area contributed by atoms with Crippen LogP contribution in [0.5, 0.6) is 0 Å². The number of carbonyl (C=O) groups is 2. The molecule has 0 spiro atoms. The Morgan fingerprint density at radius 3 is 2.43 bits per heavy atom. The first-order valence-corrected chi connectivity index (χ1v) is 10.8. The lowest BCUT2D eigenvalue weighted by Crippen LogP contribution is -2.27. The molecule has 1 heterocycles. The van der Waals surface area contributed by atoms with Crippen molar-refractivity contribution >= 4 is 23.6 Å². The minimum Gasteiger partial charge on any atom is -0.355 e. The molecule has 0 saturated heterocycles. The molecule has 0 aliphatic carbocycles. The number of thioether (sulfide) groups is 1. The van der Waals surface area contributed by atoms with Crippen LogP contribution in [0, 0.1) is 6.92 Å². The van der Waals surface area contributed by atoms with Gasteiger partial charge in [-0.3, -0.25) is 9.59 Å². The van der Waals surface area contributed by atoms with E-state index in [1.807, 2.05) is 61.5 Å². The Labute approximate surface area is 181 Å². The average molecular weight is 420 g/mol. The molecule has 1 aromatic heterocycles. The van der Waals surface area contributed by atoms with Crippen LogP contribution in [0.2, 0.25) is 0 Å². The predicted molar refractivity (Wildman–Crippen MR) is 120 cm³/mol. The van der Waals surface area contributed by atoms with E-state index in [0.717, 1.165) is 12.0 Å². The third-order valence-electron chi connectivity index (χ3n) is 4.51. The van der Waals surface area contributed by atoms with Gasteiger partial charge in [0.25, 0.3) is 5.91 Å². The summed E-state index contributed by atoms with van der Waals surface area (Å²) in [5, 5.41) is 6.39. The largest absolute Gasteiger partial charge is 0.355 e. The lowest BCUT2D eigenvalue weighted by atomic mass is 10.1. The van der Waals surface area contributed by atoms with Crippen molar-refractivity contribution in [2.45, 2.75) is 24.9 Å². The van der Waals surface area contributed by atoms with Gasteiger partial charge in [-0.25, -0.2) is 4.98 Å². The smallest absolute Gasteiger partial charge is 0.254 e. The maximum atomic E-state index is 12.6. The molecule has 6 heteroatoms. The van der Waals surface area contributed by atoms with Crippen LogP contribution >= 0.6 is 11.8 Å². The number of nitrogens with zero attached hydrogens (tertiary/aromatic N) is 1. The van der Waals surface area contributed by atoms with Crippen LogP contribution in [0.1, 0.15) is 27.0 Å². The molecule has 0 fully saturated rings. The highest BCUT2D eigenvalue weighted by molar-refractivity contribution is 8.00. The Balaban J connectivity index is 1.48. The molecule has 5 nitrogen and oxygen atoms in total. The Hall–Kier alpha value is -3.12. The monoisotopic (exact) mass is 419 g/mol. The van der Waals surface area contributed by atoms with Gasteiger partial charge in [0.15, 0.2) is 0 Å². The van der Waals surface area contributed by atoms with Gasteiger partial charge in [0.2, 0.25) is 5.91 Å². The summed E-state index contributed by atoms with van der Waals surface area (Å²) in [5.74, 6) is -0.0624. The first-order valence-electron chi connectivity index (χ1n) is 9.84. The number of hydrogen-bond acceptors (Lipinski definition) is 4. The second-order valence-electron chi connectivity index (χ2n) is 6.90. The number of amides is 2. The van der Waals surface area contributed by atoms with Gasteiger partial charge in [-0.1, -0.05) is 71.9 Å². The zero-order chi connectivity index (χ0) is 21.2. The summed E-state index contributed by atoms with van der Waals surface area (Å²) in [6.07, 6.45) is 2.42. The van der Waals surface area contributed by atoms with E-state index in [1.165, 1.54) is 22.9 Å². The summed E-state index contributed by atoms with van der Waals surface area (Å²) < 4.78 is 0. The maximum Gasteiger partial charge on any atom is 0.254 e. The zero-order valence-electron chi connectivity index (χ0n) is 16.9. The second-order valence-corrected chi connectivity index (χ2v) is 7.86. The Kier molecular flexibility index (Phi) is 8.03. The van der Waals surface area contributed by atoms with Crippen LogP contribution < -0.4 is 10.6 Å². The third-order valence-corrected chi connectivity index (χ3v) is 5.51. The molecule has 0 unspecified atom stereocenters. The third kappa shape index (κ3) is 6.74. The predicted octanol–water partition coefficient (Wildman–Crippen LogP) is 3.77. The fourth-order valence-corrected chi connectivity index (χ4v) is 3.66. The molecule has 0 bridgehead atoms. The van der Waals surface area contributed by atoms with E-state index in [-0.39, 0.29) is 17.6 Å². The lowest BCUT2D eigenvalue weighted by molar-refractivity contribution is -0.118. The summed E-state index contributed by atoms with van der Waals surface area (Å²) in [5.41, 5.74) is 3.87. The van der Waals surface area contributed by atoms with Crippen LogP contribution in [0.4, 0.5) is 0 Å². The van der Waals surface area contributed by atoms with E-state index in [1.54, 1.807) is 18.3 Å². The molecule has 0 saturated carbocycles. The molecule has 0 aliphatic rings. The van der Waals surface area contributed by atoms with E-state index < -0.39 is 0 Å². The number of hydrogen-bond donors (Lipinski definition) is 2. The molecular weight excluding hydrogens is 394 g/mol. The van der Waals surface area contributed by atoms with Gasteiger partial charge in [0, 0.05) is 19.3 Å². The molecule has 0 radical (unpaired) electrons. The first kappa shape index (κ1) is 21.6. The van der Waals surface area contributed by atoms with Gasteiger partial charge in [-0.05, 0) is 36.6 Å². The highest BCUT2D eigenvalue weighted by atomic mass is 32.2. The molecule has 154 valence electrons. The van der Waals surface area contributed by atoms with Gasteiger partial charge in [0.1, 0.15) is 5.03 Å². The molecule has 2 aromatic carbocycles. The number of nitrogens with one attached hydrogen (secondary N) is 2. The summed E-state index contributed by atoms with van der Waals surface area (Å²) >= 11 is 1.27. The highest BCUT2D eigenvalue weighted by Gasteiger charge is 2.14. The highest BCUT2D eigenvalue weighted by Crippen LogP contribution is 2.20.